The maximum absolute atomic E-state index is 13.8. The number of aryl methyl sites for hydroxylation is 1. The molecule has 3 aromatic rings. The summed E-state index contributed by atoms with van der Waals surface area (Å²) in [4.78, 5) is 28.2. The molecule has 0 radical (unpaired) electrons. The first kappa shape index (κ1) is 28.8. The van der Waals surface area contributed by atoms with Crippen LogP contribution in [0.2, 0.25) is 0 Å². The van der Waals surface area contributed by atoms with E-state index >= 15 is 0 Å². The molecular formula is C29H34FN3O4S. The molecule has 0 heterocycles. The summed E-state index contributed by atoms with van der Waals surface area (Å²) >= 11 is 0. The van der Waals surface area contributed by atoms with Crippen LogP contribution in [0.25, 0.3) is 0 Å². The first-order valence-corrected chi connectivity index (χ1v) is 13.9. The quantitative estimate of drug-likeness (QED) is 0.388. The molecule has 2 amide bonds. The van der Waals surface area contributed by atoms with Crippen LogP contribution in [0.4, 0.5) is 10.1 Å². The smallest absolute Gasteiger partial charge is 0.264 e. The van der Waals surface area contributed by atoms with Crippen molar-refractivity contribution < 1.29 is 22.4 Å². The second-order valence-electron chi connectivity index (χ2n) is 9.56. The minimum atomic E-state index is -4.18. The van der Waals surface area contributed by atoms with Crippen LogP contribution in [-0.4, -0.2) is 44.3 Å². The average Bonchev–Trinajstić information content (AvgIpc) is 2.90. The third kappa shape index (κ3) is 7.19. The van der Waals surface area contributed by atoms with Crippen molar-refractivity contribution in [2.75, 3.05) is 17.4 Å². The first-order chi connectivity index (χ1) is 18.0. The van der Waals surface area contributed by atoms with Crippen LogP contribution in [-0.2, 0) is 26.2 Å². The second kappa shape index (κ2) is 12.7. The van der Waals surface area contributed by atoms with Crippen LogP contribution in [0.5, 0.6) is 0 Å². The van der Waals surface area contributed by atoms with Crippen LogP contribution in [0.3, 0.4) is 0 Å². The molecule has 9 heteroatoms. The molecule has 0 fully saturated rings. The number of nitrogens with one attached hydrogen (secondary N) is 1. The fourth-order valence-electron chi connectivity index (χ4n) is 3.86. The molecule has 0 bridgehead atoms. The number of anilines is 1. The summed E-state index contributed by atoms with van der Waals surface area (Å²) in [5.41, 5.74) is 1.91. The minimum Gasteiger partial charge on any atom is -0.354 e. The number of carbonyl (C=O) groups excluding carboxylic acids is 2. The molecule has 0 saturated carbocycles. The zero-order valence-electron chi connectivity index (χ0n) is 22.1. The Labute approximate surface area is 224 Å². The van der Waals surface area contributed by atoms with E-state index in [-0.39, 0.29) is 29.0 Å². The fraction of sp³-hybridized carbons (Fsp3) is 0.310. The lowest BCUT2D eigenvalue weighted by Crippen LogP contribution is -2.51. The zero-order valence-corrected chi connectivity index (χ0v) is 22.9. The molecule has 3 aromatic carbocycles. The maximum atomic E-state index is 13.8. The Balaban J connectivity index is 2.00. The summed E-state index contributed by atoms with van der Waals surface area (Å²) in [7, 11) is -4.18. The van der Waals surface area contributed by atoms with Gasteiger partial charge in [-0.25, -0.2) is 12.8 Å². The standard InChI is InChI=1S/C29H34FN3O4S/c1-21(2)18-31-29(35)23(4)32(19-24-11-9-8-10-22(24)3)28(34)20-33(26-16-14-25(30)15-17-26)38(36,37)27-12-6-5-7-13-27/h5-17,21,23H,18-20H2,1-4H3,(H,31,35). The van der Waals surface area contributed by atoms with Gasteiger partial charge in [0.2, 0.25) is 11.8 Å². The van der Waals surface area contributed by atoms with E-state index in [2.05, 4.69) is 5.32 Å². The van der Waals surface area contributed by atoms with Crippen molar-refractivity contribution >= 4 is 27.5 Å². The lowest BCUT2D eigenvalue weighted by Gasteiger charge is -2.32. The lowest BCUT2D eigenvalue weighted by atomic mass is 10.1. The van der Waals surface area contributed by atoms with E-state index in [4.69, 9.17) is 0 Å². The topological polar surface area (TPSA) is 86.8 Å². The molecule has 1 unspecified atom stereocenters. The fourth-order valence-corrected chi connectivity index (χ4v) is 5.30. The highest BCUT2D eigenvalue weighted by atomic mass is 32.2. The van der Waals surface area contributed by atoms with E-state index in [0.29, 0.717) is 6.54 Å². The third-order valence-corrected chi connectivity index (χ3v) is 7.97. The van der Waals surface area contributed by atoms with Crippen LogP contribution in [0, 0.1) is 18.7 Å². The molecule has 3 rings (SSSR count). The van der Waals surface area contributed by atoms with E-state index in [0.717, 1.165) is 27.6 Å². The number of rotatable bonds is 11. The van der Waals surface area contributed by atoms with Crippen molar-refractivity contribution in [2.24, 2.45) is 5.92 Å². The van der Waals surface area contributed by atoms with Gasteiger partial charge < -0.3 is 10.2 Å². The van der Waals surface area contributed by atoms with Crippen LogP contribution in [0.1, 0.15) is 31.9 Å². The van der Waals surface area contributed by atoms with Gasteiger partial charge in [-0.1, -0.05) is 56.3 Å². The Morgan fingerprint density at radius 3 is 2.11 bits per heavy atom. The van der Waals surface area contributed by atoms with E-state index in [1.807, 2.05) is 45.0 Å². The van der Waals surface area contributed by atoms with Gasteiger partial charge in [-0.2, -0.15) is 0 Å². The number of benzene rings is 3. The predicted molar refractivity (Wildman–Crippen MR) is 146 cm³/mol. The molecule has 0 aromatic heterocycles. The molecule has 0 spiro atoms. The Morgan fingerprint density at radius 1 is 0.895 bits per heavy atom. The van der Waals surface area contributed by atoms with Gasteiger partial charge in [0.1, 0.15) is 18.4 Å². The van der Waals surface area contributed by atoms with Crippen LogP contribution in [0.15, 0.2) is 83.8 Å². The van der Waals surface area contributed by atoms with Crippen LogP contribution < -0.4 is 9.62 Å². The number of hydrogen-bond donors (Lipinski definition) is 1. The number of hydrogen-bond acceptors (Lipinski definition) is 4. The SMILES string of the molecule is Cc1ccccc1CN(C(=O)CN(c1ccc(F)cc1)S(=O)(=O)c1ccccc1)C(C)C(=O)NCC(C)C. The highest BCUT2D eigenvalue weighted by Gasteiger charge is 2.32. The van der Waals surface area contributed by atoms with Gasteiger partial charge in [0.05, 0.1) is 10.6 Å². The maximum Gasteiger partial charge on any atom is 0.264 e. The highest BCUT2D eigenvalue weighted by Crippen LogP contribution is 2.25. The highest BCUT2D eigenvalue weighted by molar-refractivity contribution is 7.92. The van der Waals surface area contributed by atoms with Crippen molar-refractivity contribution in [3.05, 3.63) is 95.8 Å². The summed E-state index contributed by atoms with van der Waals surface area (Å²) < 4.78 is 41.9. The molecule has 0 aliphatic carbocycles. The summed E-state index contributed by atoms with van der Waals surface area (Å²) in [5.74, 6) is -1.21. The Morgan fingerprint density at radius 2 is 1.50 bits per heavy atom. The predicted octanol–water partition coefficient (Wildman–Crippen LogP) is 4.52. The molecule has 1 N–H and O–H groups in total. The summed E-state index contributed by atoms with van der Waals surface area (Å²) in [6, 6.07) is 19.3. The van der Waals surface area contributed by atoms with E-state index in [1.54, 1.807) is 25.1 Å². The average molecular weight is 540 g/mol. The van der Waals surface area contributed by atoms with Crippen molar-refractivity contribution in [3.8, 4) is 0 Å². The number of amides is 2. The molecule has 38 heavy (non-hydrogen) atoms. The largest absolute Gasteiger partial charge is 0.354 e. The zero-order chi connectivity index (χ0) is 27.9. The van der Waals surface area contributed by atoms with Gasteiger partial charge >= 0.3 is 0 Å². The molecule has 7 nitrogen and oxygen atoms in total. The van der Waals surface area contributed by atoms with Gasteiger partial charge in [0.15, 0.2) is 0 Å². The molecule has 202 valence electrons. The number of nitrogens with zero attached hydrogens (tertiary/aromatic N) is 2. The number of halogens is 1. The van der Waals surface area contributed by atoms with E-state index < -0.39 is 34.3 Å². The molecular weight excluding hydrogens is 505 g/mol. The number of carbonyl (C=O) groups is 2. The van der Waals surface area contributed by atoms with Gasteiger partial charge in [-0.15, -0.1) is 0 Å². The van der Waals surface area contributed by atoms with Crippen molar-refractivity contribution in [1.82, 2.24) is 10.2 Å². The molecule has 0 aliphatic rings. The Hall–Kier alpha value is -3.72. The van der Waals surface area contributed by atoms with Crippen molar-refractivity contribution in [1.29, 1.82) is 0 Å². The van der Waals surface area contributed by atoms with Gasteiger partial charge in [-0.3, -0.25) is 13.9 Å². The van der Waals surface area contributed by atoms with Gasteiger partial charge in [-0.05, 0) is 67.3 Å². The number of sulfonamides is 1. The first-order valence-electron chi connectivity index (χ1n) is 12.5. The monoisotopic (exact) mass is 539 g/mol. The summed E-state index contributed by atoms with van der Waals surface area (Å²) in [6.07, 6.45) is 0. The van der Waals surface area contributed by atoms with Crippen molar-refractivity contribution in [3.63, 3.8) is 0 Å². The second-order valence-corrected chi connectivity index (χ2v) is 11.4. The third-order valence-electron chi connectivity index (χ3n) is 6.18. The summed E-state index contributed by atoms with van der Waals surface area (Å²) in [5, 5.41) is 2.86. The lowest BCUT2D eigenvalue weighted by molar-refractivity contribution is -0.139. The normalized spacial score (nSPS) is 12.2. The van der Waals surface area contributed by atoms with E-state index in [1.165, 1.54) is 29.2 Å². The minimum absolute atomic E-state index is 0.00898. The Kier molecular flexibility index (Phi) is 9.63. The molecule has 1 atom stereocenters. The van der Waals surface area contributed by atoms with Gasteiger partial charge in [0, 0.05) is 13.1 Å². The summed E-state index contributed by atoms with van der Waals surface area (Å²) in [6.45, 7) is 7.46. The van der Waals surface area contributed by atoms with E-state index in [9.17, 15) is 22.4 Å². The molecule has 0 aliphatic heterocycles. The van der Waals surface area contributed by atoms with Crippen molar-refractivity contribution in [2.45, 2.75) is 45.2 Å². The molecule has 0 saturated heterocycles. The van der Waals surface area contributed by atoms with Crippen LogP contribution >= 0.6 is 0 Å². The Bertz CT molecular complexity index is 1350. The van der Waals surface area contributed by atoms with Gasteiger partial charge in [0.25, 0.3) is 10.0 Å².